The number of anilines is 1. The molecule has 0 spiro atoms. The number of benzene rings is 1. The monoisotopic (exact) mass is 858 g/mol. The number of β-lactam (4-membered cyclic amide) rings is 1. The van der Waals surface area contributed by atoms with Crippen LogP contribution in [-0.2, 0) is 24.0 Å². The Hall–Kier alpha value is -6.71. The van der Waals surface area contributed by atoms with Gasteiger partial charge in [0.15, 0.2) is 22.3 Å². The van der Waals surface area contributed by atoms with Crippen LogP contribution in [0, 0.1) is 6.92 Å². The fourth-order valence-electron chi connectivity index (χ4n) is 5.10. The van der Waals surface area contributed by atoms with Gasteiger partial charge in [0, 0.05) is 34.1 Å². The van der Waals surface area contributed by atoms with Crippen molar-refractivity contribution in [2.75, 3.05) is 17.2 Å². The first-order valence-electron chi connectivity index (χ1n) is 16.3. The number of phenolic OH excluding ortho intramolecular Hbond substituents is 2. The number of fused-ring (bicyclic) bond motifs is 2. The molecule has 0 saturated carbocycles. The van der Waals surface area contributed by atoms with Crippen molar-refractivity contribution in [1.29, 1.82) is 0 Å². The first kappa shape index (κ1) is 40.9. The summed E-state index contributed by atoms with van der Waals surface area (Å²) in [6, 6.07) is 3.36. The second-order valence-electron chi connectivity index (χ2n) is 12.4. The molecule has 24 nitrogen and oxygen atoms in total. The highest BCUT2D eigenvalue weighted by molar-refractivity contribution is 8.01. The lowest BCUT2D eigenvalue weighted by Gasteiger charge is -2.49. The zero-order valence-corrected chi connectivity index (χ0v) is 32.4. The number of amides is 5. The smallest absolute Gasteiger partial charge is 0.504 e. The molecule has 6 rings (SSSR count). The van der Waals surface area contributed by atoms with Crippen molar-refractivity contribution in [2.24, 2.45) is 5.16 Å². The van der Waals surface area contributed by atoms with Crippen molar-refractivity contribution in [3.63, 3.8) is 0 Å². The van der Waals surface area contributed by atoms with E-state index in [9.17, 15) is 44.1 Å². The number of aromatic nitrogens is 5. The van der Waals surface area contributed by atoms with E-state index in [-0.39, 0.29) is 45.2 Å². The Morgan fingerprint density at radius 3 is 2.50 bits per heavy atom. The van der Waals surface area contributed by atoms with Crippen molar-refractivity contribution in [2.45, 2.75) is 42.8 Å². The van der Waals surface area contributed by atoms with Crippen LogP contribution in [0.2, 0.25) is 0 Å². The van der Waals surface area contributed by atoms with Crippen LogP contribution in [0.15, 0.2) is 51.3 Å². The highest BCUT2D eigenvalue weighted by Gasteiger charge is 2.54. The highest BCUT2D eigenvalue weighted by atomic mass is 32.2. The van der Waals surface area contributed by atoms with Gasteiger partial charge in [0.2, 0.25) is 11.5 Å². The maximum Gasteiger partial charge on any atom is 0.512 e. The summed E-state index contributed by atoms with van der Waals surface area (Å²) in [4.78, 5) is 95.4. The number of oxime groups is 1. The number of nitrogens with one attached hydrogen (secondary N) is 4. The molecule has 4 aromatic rings. The number of hydrazine groups is 1. The van der Waals surface area contributed by atoms with Crippen LogP contribution < -0.4 is 27.4 Å². The molecule has 1 saturated heterocycles. The van der Waals surface area contributed by atoms with Gasteiger partial charge in [0.25, 0.3) is 35.3 Å². The molecule has 0 unspecified atom stereocenters. The molecular weight excluding hydrogens is 829 g/mol. The Morgan fingerprint density at radius 2 is 1.83 bits per heavy atom. The molecule has 5 amide bonds. The molecule has 2 aliphatic heterocycles. The summed E-state index contributed by atoms with van der Waals surface area (Å²) < 4.78 is 6.42. The van der Waals surface area contributed by atoms with Crippen LogP contribution in [0.4, 0.5) is 9.93 Å². The number of rotatable bonds is 12. The molecule has 58 heavy (non-hydrogen) atoms. The molecule has 0 aliphatic carbocycles. The van der Waals surface area contributed by atoms with Crippen molar-refractivity contribution >= 4 is 87.2 Å². The predicted molar refractivity (Wildman–Crippen MR) is 200 cm³/mol. The average molecular weight is 859 g/mol. The van der Waals surface area contributed by atoms with Gasteiger partial charge in [0.05, 0.1) is 0 Å². The van der Waals surface area contributed by atoms with Crippen molar-refractivity contribution in [1.82, 2.24) is 51.1 Å². The number of carboxylic acid groups (broad SMARTS) is 1. The maximum absolute atomic E-state index is 13.7. The van der Waals surface area contributed by atoms with Gasteiger partial charge in [-0.25, -0.2) is 20.2 Å². The van der Waals surface area contributed by atoms with Gasteiger partial charge in [-0.3, -0.25) is 44.9 Å². The van der Waals surface area contributed by atoms with E-state index in [0.717, 1.165) is 40.1 Å². The Balaban J connectivity index is 1.16. The van der Waals surface area contributed by atoms with E-state index in [1.54, 1.807) is 6.92 Å². The van der Waals surface area contributed by atoms with Gasteiger partial charge < -0.3 is 35.9 Å². The van der Waals surface area contributed by atoms with Crippen molar-refractivity contribution in [3.05, 3.63) is 63.9 Å². The van der Waals surface area contributed by atoms with Crippen molar-refractivity contribution < 1.29 is 58.9 Å². The number of nitrogen functional groups attached to an aromatic ring is 1. The van der Waals surface area contributed by atoms with Crippen LogP contribution in [0.3, 0.4) is 0 Å². The number of carbonyl (C=O) groups excluding carboxylic acids is 5. The van der Waals surface area contributed by atoms with Crippen LogP contribution in [-0.4, -0.2) is 120 Å². The minimum atomic E-state index is -1.84. The van der Waals surface area contributed by atoms with Crippen LogP contribution in [0.25, 0.3) is 5.78 Å². The summed E-state index contributed by atoms with van der Waals surface area (Å²) in [5, 5.41) is 49.4. The molecule has 5 heterocycles. The zero-order valence-electron chi connectivity index (χ0n) is 29.9. The number of hydrogen-bond donors (Lipinski definition) is 9. The summed E-state index contributed by atoms with van der Waals surface area (Å²) in [5.74, 6) is -5.13. The van der Waals surface area contributed by atoms with E-state index in [0.29, 0.717) is 16.4 Å². The first-order chi connectivity index (χ1) is 27.5. The molecule has 304 valence electrons. The molecule has 1 aromatic carbocycles. The SMILES string of the molecule is Cc1nc2nc(C(=O)NO)cc(SCC3=C(OC(=O)O)N4C(=O)[C@@H](NC(=O)/C(=N\OC(C)(C)C(=O)NNC(=O)c5ccc(O)c(O)c5)c5csc(N)n5)[C@H]4SC3)n2n1. The van der Waals surface area contributed by atoms with Gasteiger partial charge >= 0.3 is 6.16 Å². The van der Waals surface area contributed by atoms with Gasteiger partial charge in [-0.15, -0.1) is 40.0 Å². The third-order valence-electron chi connectivity index (χ3n) is 8.00. The Bertz CT molecular complexity index is 2430. The fraction of sp³-hybridized carbons (Fsp3) is 0.258. The molecule has 0 radical (unpaired) electrons. The average Bonchev–Trinajstić information content (AvgIpc) is 3.79. The molecular formula is C31H30N12O12S3. The number of thiazole rings is 1. The van der Waals surface area contributed by atoms with Gasteiger partial charge in [-0.2, -0.15) is 9.50 Å². The lowest BCUT2D eigenvalue weighted by atomic mass is 10.1. The maximum atomic E-state index is 13.7. The predicted octanol–water partition coefficient (Wildman–Crippen LogP) is 0.0605. The number of carbonyl (C=O) groups is 6. The number of thioether (sulfide) groups is 2. The number of aromatic hydroxyl groups is 2. The number of nitrogens with zero attached hydrogens (tertiary/aromatic N) is 7. The molecule has 2 atom stereocenters. The van der Waals surface area contributed by atoms with Crippen molar-refractivity contribution in [3.8, 4) is 11.5 Å². The molecule has 10 N–H and O–H groups in total. The number of ether oxygens (including phenoxy) is 1. The second kappa shape index (κ2) is 16.4. The molecule has 2 aliphatic rings. The van der Waals surface area contributed by atoms with Crippen LogP contribution in [0.5, 0.6) is 11.5 Å². The van der Waals surface area contributed by atoms with E-state index in [1.807, 2.05) is 0 Å². The van der Waals surface area contributed by atoms with E-state index >= 15 is 0 Å². The number of aryl methyl sites for hydroxylation is 1. The Kier molecular flexibility index (Phi) is 11.6. The zero-order chi connectivity index (χ0) is 42.1. The summed E-state index contributed by atoms with van der Waals surface area (Å²) in [5.41, 5.74) is 9.25. The normalized spacial score (nSPS) is 16.6. The highest BCUT2D eigenvalue weighted by Crippen LogP contribution is 2.42. The lowest BCUT2D eigenvalue weighted by Crippen LogP contribution is -2.70. The van der Waals surface area contributed by atoms with Crippen LogP contribution in [0.1, 0.15) is 46.2 Å². The number of phenols is 2. The summed E-state index contributed by atoms with van der Waals surface area (Å²) in [6.07, 6.45) is -1.71. The summed E-state index contributed by atoms with van der Waals surface area (Å²) >= 11 is 3.24. The minimum absolute atomic E-state index is 0.0359. The Morgan fingerprint density at radius 1 is 1.07 bits per heavy atom. The van der Waals surface area contributed by atoms with Gasteiger partial charge in [-0.05, 0) is 39.0 Å². The quantitative estimate of drug-likeness (QED) is 0.0133. The van der Waals surface area contributed by atoms with Gasteiger partial charge in [0.1, 0.15) is 33.7 Å². The second-order valence-corrected chi connectivity index (χ2v) is 15.4. The topological polar surface area (TPSA) is 348 Å². The number of hydrogen-bond acceptors (Lipinski definition) is 20. The van der Waals surface area contributed by atoms with Crippen LogP contribution >= 0.6 is 34.9 Å². The fourth-order valence-corrected chi connectivity index (χ4v) is 8.09. The molecule has 27 heteroatoms. The van der Waals surface area contributed by atoms with E-state index in [1.165, 1.54) is 53.1 Å². The van der Waals surface area contributed by atoms with E-state index in [4.69, 9.17) is 20.5 Å². The van der Waals surface area contributed by atoms with E-state index in [2.05, 4.69) is 41.4 Å². The lowest BCUT2D eigenvalue weighted by molar-refractivity contribution is -0.148. The number of nitrogens with two attached hydrogens (primary N) is 1. The minimum Gasteiger partial charge on any atom is -0.504 e. The Labute approximate surface area is 336 Å². The summed E-state index contributed by atoms with van der Waals surface area (Å²) in [6.45, 7) is 4.14. The third-order valence-corrected chi connectivity index (χ3v) is 11.1. The van der Waals surface area contributed by atoms with E-state index < -0.39 is 69.9 Å². The largest absolute Gasteiger partial charge is 0.512 e. The summed E-state index contributed by atoms with van der Waals surface area (Å²) in [7, 11) is 0. The standard InChI is InChI=1S/C31H30N12O12S3/c1-11-33-29-35-14(22(47)40-53)7-18(43(29)39-11)56-8-13-9-57-26-20(24(49)42(26)25(13)54-30(51)52)36-23(48)19(15-10-58-28(32)34-15)41-55-31(2,3)27(50)38-37-21(46)12-4-5-16(44)17(45)6-12/h4-7,10,20,26,44-45,53H,8-9H2,1-3H3,(H2,32,34)(H,36,48)(H,37,46)(H,38,50)(H,40,47)(H,51,52)/b41-19-/t20-,26-/m1/s1. The molecule has 1 fully saturated rings. The van der Waals surface area contributed by atoms with Gasteiger partial charge in [-0.1, -0.05) is 5.16 Å². The third kappa shape index (κ3) is 8.50. The number of hydroxylamine groups is 1. The molecule has 0 bridgehead atoms. The molecule has 3 aromatic heterocycles. The first-order valence-corrected chi connectivity index (χ1v) is 19.2.